The maximum Gasteiger partial charge on any atom is 0.417 e. The third-order valence-electron chi connectivity index (χ3n) is 4.60. The Labute approximate surface area is 139 Å². The number of methoxy groups -OCH3 is 1. The number of halogens is 3. The molecule has 0 radical (unpaired) electrons. The summed E-state index contributed by atoms with van der Waals surface area (Å²) >= 11 is 0.861. The maximum atomic E-state index is 13.4. The third kappa shape index (κ3) is 2.26. The SMILES string of the molecule is COC(=O)c1csc2c(C(F)(F)F)cc(N3CC4(CNC4)C3)nc12. The van der Waals surface area contributed by atoms with E-state index >= 15 is 0 Å². The normalized spacial score (nSPS) is 19.2. The molecule has 0 amide bonds. The van der Waals surface area contributed by atoms with Gasteiger partial charge in [-0.2, -0.15) is 13.2 Å². The predicted molar refractivity (Wildman–Crippen MR) is 83.5 cm³/mol. The van der Waals surface area contributed by atoms with Gasteiger partial charge in [0.25, 0.3) is 0 Å². The van der Waals surface area contributed by atoms with Crippen LogP contribution in [0, 0.1) is 5.41 Å². The molecule has 0 aromatic carbocycles. The van der Waals surface area contributed by atoms with E-state index in [0.717, 1.165) is 30.5 Å². The predicted octanol–water partition coefficient (Wildman–Crippen LogP) is 2.51. The van der Waals surface area contributed by atoms with Crippen molar-refractivity contribution in [2.24, 2.45) is 5.41 Å². The van der Waals surface area contributed by atoms with E-state index in [9.17, 15) is 18.0 Å². The molecule has 2 fully saturated rings. The van der Waals surface area contributed by atoms with E-state index < -0.39 is 17.7 Å². The number of carbonyl (C=O) groups is 1. The zero-order valence-corrected chi connectivity index (χ0v) is 13.6. The Kier molecular flexibility index (Phi) is 3.30. The average Bonchev–Trinajstić information content (AvgIpc) is 2.85. The van der Waals surface area contributed by atoms with Crippen LogP contribution >= 0.6 is 11.3 Å². The molecule has 1 spiro atoms. The maximum absolute atomic E-state index is 13.4. The van der Waals surface area contributed by atoms with Crippen molar-refractivity contribution in [3.63, 3.8) is 0 Å². The van der Waals surface area contributed by atoms with Crippen LogP contribution in [0.3, 0.4) is 0 Å². The Morgan fingerprint density at radius 2 is 2.12 bits per heavy atom. The Morgan fingerprint density at radius 3 is 2.67 bits per heavy atom. The van der Waals surface area contributed by atoms with E-state index in [1.54, 1.807) is 0 Å². The zero-order valence-electron chi connectivity index (χ0n) is 12.7. The highest BCUT2D eigenvalue weighted by atomic mass is 32.1. The number of esters is 1. The molecule has 4 rings (SSSR count). The van der Waals surface area contributed by atoms with Gasteiger partial charge in [0.05, 0.1) is 28.5 Å². The second kappa shape index (κ2) is 5.06. The molecule has 0 bridgehead atoms. The number of hydrogen-bond donors (Lipinski definition) is 1. The molecule has 0 aliphatic carbocycles. The molecular formula is C15H14F3N3O2S. The van der Waals surface area contributed by atoms with Gasteiger partial charge in [0.1, 0.15) is 5.82 Å². The van der Waals surface area contributed by atoms with Gasteiger partial charge in [-0.3, -0.25) is 0 Å². The summed E-state index contributed by atoms with van der Waals surface area (Å²) in [7, 11) is 1.20. The van der Waals surface area contributed by atoms with Crippen LogP contribution in [0.4, 0.5) is 19.0 Å². The lowest BCUT2D eigenvalue weighted by Gasteiger charge is -2.56. The molecule has 9 heteroatoms. The zero-order chi connectivity index (χ0) is 17.1. The van der Waals surface area contributed by atoms with Crippen LogP contribution in [0.15, 0.2) is 11.4 Å². The number of carbonyl (C=O) groups excluding carboxylic acids is 1. The Balaban J connectivity index is 1.81. The largest absolute Gasteiger partial charge is 0.465 e. The summed E-state index contributed by atoms with van der Waals surface area (Å²) < 4.78 is 44.9. The molecule has 1 N–H and O–H groups in total. The van der Waals surface area contributed by atoms with Crippen LogP contribution in [-0.2, 0) is 10.9 Å². The molecule has 0 unspecified atom stereocenters. The van der Waals surface area contributed by atoms with Crippen molar-refractivity contribution in [1.82, 2.24) is 10.3 Å². The lowest BCUT2D eigenvalue weighted by molar-refractivity contribution is -0.136. The number of alkyl halides is 3. The summed E-state index contributed by atoms with van der Waals surface area (Å²) in [5.74, 6) is -0.418. The second-order valence-electron chi connectivity index (χ2n) is 6.30. The molecule has 2 saturated heterocycles. The fourth-order valence-corrected chi connectivity index (χ4v) is 4.26. The number of rotatable bonds is 2. The highest BCUT2D eigenvalue weighted by Gasteiger charge is 2.48. The van der Waals surface area contributed by atoms with Gasteiger partial charge in [0.15, 0.2) is 0 Å². The van der Waals surface area contributed by atoms with Crippen molar-refractivity contribution in [1.29, 1.82) is 0 Å². The van der Waals surface area contributed by atoms with Gasteiger partial charge in [-0.15, -0.1) is 11.3 Å². The van der Waals surface area contributed by atoms with Crippen molar-refractivity contribution >= 4 is 33.3 Å². The number of aromatic nitrogens is 1. The van der Waals surface area contributed by atoms with Gasteiger partial charge in [-0.1, -0.05) is 0 Å². The average molecular weight is 357 g/mol. The number of ether oxygens (including phenoxy) is 1. The van der Waals surface area contributed by atoms with Crippen molar-refractivity contribution in [2.75, 3.05) is 38.2 Å². The van der Waals surface area contributed by atoms with Crippen LogP contribution in [0.5, 0.6) is 0 Å². The first-order valence-electron chi connectivity index (χ1n) is 7.36. The first-order chi connectivity index (χ1) is 11.3. The highest BCUT2D eigenvalue weighted by molar-refractivity contribution is 7.17. The number of pyridine rings is 1. The minimum Gasteiger partial charge on any atom is -0.465 e. The first-order valence-corrected chi connectivity index (χ1v) is 8.24. The Morgan fingerprint density at radius 1 is 1.42 bits per heavy atom. The summed E-state index contributed by atoms with van der Waals surface area (Å²) in [6.07, 6.45) is -4.51. The van der Waals surface area contributed by atoms with Gasteiger partial charge in [0.2, 0.25) is 0 Å². The molecule has 2 aromatic heterocycles. The number of hydrogen-bond acceptors (Lipinski definition) is 6. The summed E-state index contributed by atoms with van der Waals surface area (Å²) in [5.41, 5.74) is -0.459. The molecule has 2 aromatic rings. The minimum atomic E-state index is -4.51. The van der Waals surface area contributed by atoms with E-state index in [1.807, 2.05) is 4.90 Å². The number of nitrogens with zero attached hydrogens (tertiary/aromatic N) is 2. The third-order valence-corrected chi connectivity index (χ3v) is 5.60. The van der Waals surface area contributed by atoms with Crippen molar-refractivity contribution in [2.45, 2.75) is 6.18 Å². The molecule has 4 heterocycles. The van der Waals surface area contributed by atoms with Gasteiger partial charge >= 0.3 is 12.1 Å². The van der Waals surface area contributed by atoms with E-state index in [4.69, 9.17) is 0 Å². The van der Waals surface area contributed by atoms with E-state index in [2.05, 4.69) is 15.0 Å². The number of fused-ring (bicyclic) bond motifs is 1. The number of anilines is 1. The standard InChI is InChI=1S/C15H14F3N3O2S/c1-23-13(22)8-3-24-12-9(15(16,17)18)2-10(20-11(8)12)21-6-14(7-21)4-19-5-14/h2-3,19H,4-7H2,1H3. The summed E-state index contributed by atoms with van der Waals surface area (Å²) in [6.45, 7) is 3.11. The lowest BCUT2D eigenvalue weighted by Crippen LogP contribution is -2.71. The monoisotopic (exact) mass is 357 g/mol. The number of nitrogens with one attached hydrogen (secondary N) is 1. The van der Waals surface area contributed by atoms with Gasteiger partial charge in [-0.25, -0.2) is 9.78 Å². The molecule has 24 heavy (non-hydrogen) atoms. The first kappa shape index (κ1) is 15.6. The van der Waals surface area contributed by atoms with Crippen LogP contribution < -0.4 is 10.2 Å². The van der Waals surface area contributed by atoms with Gasteiger partial charge in [-0.05, 0) is 6.07 Å². The summed E-state index contributed by atoms with van der Waals surface area (Å²) in [5, 5.41) is 4.55. The van der Waals surface area contributed by atoms with Crippen LogP contribution in [0.25, 0.3) is 10.2 Å². The van der Waals surface area contributed by atoms with E-state index in [1.165, 1.54) is 12.5 Å². The second-order valence-corrected chi connectivity index (χ2v) is 7.18. The van der Waals surface area contributed by atoms with Crippen molar-refractivity contribution in [3.8, 4) is 0 Å². The molecule has 2 aliphatic heterocycles. The van der Waals surface area contributed by atoms with Crippen molar-refractivity contribution < 1.29 is 22.7 Å². The molecular weight excluding hydrogens is 343 g/mol. The number of thiophene rings is 1. The van der Waals surface area contributed by atoms with Crippen LogP contribution in [0.1, 0.15) is 15.9 Å². The van der Waals surface area contributed by atoms with E-state index in [0.29, 0.717) is 13.1 Å². The summed E-state index contributed by atoms with van der Waals surface area (Å²) in [4.78, 5) is 18.0. The molecule has 5 nitrogen and oxygen atoms in total. The van der Waals surface area contributed by atoms with Gasteiger partial charge < -0.3 is 15.0 Å². The molecule has 0 atom stereocenters. The molecule has 2 aliphatic rings. The quantitative estimate of drug-likeness (QED) is 0.837. The minimum absolute atomic E-state index is 0.0350. The summed E-state index contributed by atoms with van der Waals surface area (Å²) in [6, 6.07) is 1.08. The van der Waals surface area contributed by atoms with Gasteiger partial charge in [0, 0.05) is 37.0 Å². The molecule has 0 saturated carbocycles. The Hall–Kier alpha value is -1.87. The van der Waals surface area contributed by atoms with Crippen molar-refractivity contribution in [3.05, 3.63) is 22.6 Å². The highest BCUT2D eigenvalue weighted by Crippen LogP contribution is 2.43. The Bertz CT molecular complexity index is 821. The lowest BCUT2D eigenvalue weighted by atomic mass is 9.74. The smallest absolute Gasteiger partial charge is 0.417 e. The topological polar surface area (TPSA) is 54.5 Å². The fraction of sp³-hybridized carbons (Fsp3) is 0.467. The van der Waals surface area contributed by atoms with Crippen LogP contribution in [0.2, 0.25) is 0 Å². The molecule has 128 valence electrons. The van der Waals surface area contributed by atoms with E-state index in [-0.39, 0.29) is 27.0 Å². The van der Waals surface area contributed by atoms with Crippen LogP contribution in [-0.4, -0.2) is 44.2 Å². The fourth-order valence-electron chi connectivity index (χ4n) is 3.25.